The summed E-state index contributed by atoms with van der Waals surface area (Å²) in [6.45, 7) is 0.275. The summed E-state index contributed by atoms with van der Waals surface area (Å²) in [4.78, 5) is 25.2. The Bertz CT molecular complexity index is 651. The summed E-state index contributed by atoms with van der Waals surface area (Å²) in [6.07, 6.45) is 1.80. The minimum absolute atomic E-state index is 0.205. The molecule has 0 aliphatic carbocycles. The number of anilines is 1. The molecule has 18 heavy (non-hydrogen) atoms. The molecule has 0 fully saturated rings. The zero-order valence-corrected chi connectivity index (χ0v) is 10.3. The largest absolute Gasteiger partial charge is 0.330 e. The van der Waals surface area contributed by atoms with Crippen LogP contribution in [0.2, 0.25) is 5.02 Å². The van der Waals surface area contributed by atoms with Gasteiger partial charge in [-0.3, -0.25) is 9.59 Å². The average molecular weight is 266 g/mol. The highest BCUT2D eigenvalue weighted by Crippen LogP contribution is 2.27. The highest BCUT2D eigenvalue weighted by atomic mass is 35.5. The molecule has 5 nitrogen and oxygen atoms in total. The first-order valence-electron chi connectivity index (χ1n) is 5.42. The van der Waals surface area contributed by atoms with Gasteiger partial charge in [0.05, 0.1) is 10.7 Å². The lowest BCUT2D eigenvalue weighted by Gasteiger charge is -2.08. The lowest BCUT2D eigenvalue weighted by molar-refractivity contribution is -0.116. The number of carbonyl (C=O) groups excluding carboxylic acids is 1. The van der Waals surface area contributed by atoms with Crippen LogP contribution in [0.1, 0.15) is 6.42 Å². The number of aromatic amines is 1. The molecule has 0 bridgehead atoms. The number of pyridine rings is 1. The van der Waals surface area contributed by atoms with Gasteiger partial charge in [-0.2, -0.15) is 0 Å². The summed E-state index contributed by atoms with van der Waals surface area (Å²) >= 11 is 6.05. The molecule has 0 saturated carbocycles. The summed E-state index contributed by atoms with van der Waals surface area (Å²) in [5.41, 5.74) is 5.57. The summed E-state index contributed by atoms with van der Waals surface area (Å²) in [5, 5.41) is 4.59. The zero-order valence-electron chi connectivity index (χ0n) is 9.50. The standard InChI is InChI=1S/C12H12ClN3O2/c13-9-3-8-6-15-12(18)5-7(8)4-10(9)16-11(17)1-2-14/h3-6H,1-2,14H2,(H,15,18)(H,16,17). The van der Waals surface area contributed by atoms with Crippen LogP contribution in [0, 0.1) is 0 Å². The first-order valence-corrected chi connectivity index (χ1v) is 5.80. The minimum Gasteiger partial charge on any atom is -0.330 e. The van der Waals surface area contributed by atoms with Crippen molar-refractivity contribution in [3.63, 3.8) is 0 Å². The van der Waals surface area contributed by atoms with Crippen LogP contribution in [0.4, 0.5) is 5.69 Å². The van der Waals surface area contributed by atoms with Crippen molar-refractivity contribution in [3.8, 4) is 0 Å². The third-order valence-corrected chi connectivity index (χ3v) is 2.79. The fourth-order valence-electron chi connectivity index (χ4n) is 1.63. The molecule has 1 amide bonds. The molecular formula is C12H12ClN3O2. The van der Waals surface area contributed by atoms with E-state index in [0.717, 1.165) is 5.39 Å². The Morgan fingerprint density at radius 1 is 1.33 bits per heavy atom. The molecule has 2 aromatic rings. The fourth-order valence-corrected chi connectivity index (χ4v) is 1.85. The third-order valence-electron chi connectivity index (χ3n) is 2.47. The van der Waals surface area contributed by atoms with Crippen LogP contribution < -0.4 is 16.6 Å². The van der Waals surface area contributed by atoms with Crippen molar-refractivity contribution in [2.45, 2.75) is 6.42 Å². The van der Waals surface area contributed by atoms with Gasteiger partial charge in [0.25, 0.3) is 0 Å². The molecule has 6 heteroatoms. The first-order chi connectivity index (χ1) is 8.60. The molecule has 0 spiro atoms. The number of fused-ring (bicyclic) bond motifs is 1. The number of nitrogens with one attached hydrogen (secondary N) is 2. The molecule has 0 radical (unpaired) electrons. The van der Waals surface area contributed by atoms with Gasteiger partial charge in [-0.15, -0.1) is 0 Å². The SMILES string of the molecule is NCCC(=O)Nc1cc2cc(=O)[nH]cc2cc1Cl. The first kappa shape index (κ1) is 12.6. The van der Waals surface area contributed by atoms with Crippen LogP contribution in [0.25, 0.3) is 10.8 Å². The molecule has 0 aliphatic heterocycles. The number of nitrogens with two attached hydrogens (primary N) is 1. The van der Waals surface area contributed by atoms with Crippen molar-refractivity contribution in [1.82, 2.24) is 4.98 Å². The molecule has 94 valence electrons. The van der Waals surface area contributed by atoms with Gasteiger partial charge in [0.1, 0.15) is 0 Å². The van der Waals surface area contributed by atoms with Gasteiger partial charge < -0.3 is 16.0 Å². The maximum atomic E-state index is 11.5. The topological polar surface area (TPSA) is 88.0 Å². The molecule has 0 unspecified atom stereocenters. The van der Waals surface area contributed by atoms with Gasteiger partial charge >= 0.3 is 0 Å². The number of H-pyrrole nitrogens is 1. The normalized spacial score (nSPS) is 10.6. The van der Waals surface area contributed by atoms with Crippen molar-refractivity contribution >= 4 is 34.0 Å². The molecule has 1 heterocycles. The van der Waals surface area contributed by atoms with E-state index < -0.39 is 0 Å². The van der Waals surface area contributed by atoms with Crippen molar-refractivity contribution in [1.29, 1.82) is 0 Å². The third kappa shape index (κ3) is 2.69. The van der Waals surface area contributed by atoms with Crippen LogP contribution in [-0.2, 0) is 4.79 Å². The average Bonchev–Trinajstić information content (AvgIpc) is 2.31. The van der Waals surface area contributed by atoms with Crippen LogP contribution in [0.3, 0.4) is 0 Å². The van der Waals surface area contributed by atoms with E-state index in [4.69, 9.17) is 17.3 Å². The Morgan fingerprint density at radius 3 is 2.83 bits per heavy atom. The Balaban J connectivity index is 2.41. The van der Waals surface area contributed by atoms with Gasteiger partial charge in [-0.05, 0) is 22.9 Å². The van der Waals surface area contributed by atoms with E-state index in [0.29, 0.717) is 16.1 Å². The van der Waals surface area contributed by atoms with E-state index in [2.05, 4.69) is 10.3 Å². The molecule has 2 rings (SSSR count). The van der Waals surface area contributed by atoms with E-state index in [1.165, 1.54) is 6.07 Å². The Morgan fingerprint density at radius 2 is 2.11 bits per heavy atom. The minimum atomic E-state index is -0.205. The number of amides is 1. The summed E-state index contributed by atoms with van der Waals surface area (Å²) < 4.78 is 0. The van der Waals surface area contributed by atoms with Crippen molar-refractivity contribution < 1.29 is 4.79 Å². The fraction of sp³-hybridized carbons (Fsp3) is 0.167. The Kier molecular flexibility index (Phi) is 3.64. The highest BCUT2D eigenvalue weighted by Gasteiger charge is 2.07. The monoisotopic (exact) mass is 265 g/mol. The van der Waals surface area contributed by atoms with Crippen LogP contribution in [-0.4, -0.2) is 17.4 Å². The van der Waals surface area contributed by atoms with Crippen molar-refractivity contribution in [2.75, 3.05) is 11.9 Å². The van der Waals surface area contributed by atoms with Gasteiger partial charge in [0, 0.05) is 25.2 Å². The highest BCUT2D eigenvalue weighted by molar-refractivity contribution is 6.34. The summed E-state index contributed by atoms with van der Waals surface area (Å²) in [7, 11) is 0. The van der Waals surface area contributed by atoms with Gasteiger partial charge in [0.15, 0.2) is 0 Å². The number of hydrogen-bond donors (Lipinski definition) is 3. The van der Waals surface area contributed by atoms with Crippen LogP contribution in [0.15, 0.2) is 29.2 Å². The van der Waals surface area contributed by atoms with E-state index in [1.807, 2.05) is 0 Å². The predicted molar refractivity (Wildman–Crippen MR) is 71.9 cm³/mol. The molecule has 1 aromatic carbocycles. The number of benzene rings is 1. The van der Waals surface area contributed by atoms with Gasteiger partial charge in [0.2, 0.25) is 11.5 Å². The smallest absolute Gasteiger partial charge is 0.248 e. The second-order valence-corrected chi connectivity index (χ2v) is 4.25. The van der Waals surface area contributed by atoms with E-state index >= 15 is 0 Å². The predicted octanol–water partition coefficient (Wildman–Crippen LogP) is 1.47. The van der Waals surface area contributed by atoms with Crippen LogP contribution in [0.5, 0.6) is 0 Å². The maximum absolute atomic E-state index is 11.5. The number of aromatic nitrogens is 1. The molecular weight excluding hydrogens is 254 g/mol. The number of rotatable bonds is 3. The van der Waals surface area contributed by atoms with Crippen molar-refractivity contribution in [2.24, 2.45) is 5.73 Å². The molecule has 0 atom stereocenters. The van der Waals surface area contributed by atoms with E-state index in [9.17, 15) is 9.59 Å². The van der Waals surface area contributed by atoms with Gasteiger partial charge in [-0.25, -0.2) is 0 Å². The van der Waals surface area contributed by atoms with E-state index in [1.54, 1.807) is 18.3 Å². The summed E-state index contributed by atoms with van der Waals surface area (Å²) in [6, 6.07) is 4.80. The van der Waals surface area contributed by atoms with E-state index in [-0.39, 0.29) is 24.4 Å². The lowest BCUT2D eigenvalue weighted by Crippen LogP contribution is -2.16. The summed E-state index contributed by atoms with van der Waals surface area (Å²) in [5.74, 6) is -0.205. The maximum Gasteiger partial charge on any atom is 0.248 e. The lowest BCUT2D eigenvalue weighted by atomic mass is 10.1. The van der Waals surface area contributed by atoms with Crippen LogP contribution >= 0.6 is 11.6 Å². The zero-order chi connectivity index (χ0) is 13.1. The number of hydrogen-bond acceptors (Lipinski definition) is 3. The van der Waals surface area contributed by atoms with Crippen molar-refractivity contribution in [3.05, 3.63) is 39.8 Å². The molecule has 0 saturated heterocycles. The number of halogens is 1. The quantitative estimate of drug-likeness (QED) is 0.785. The Hall–Kier alpha value is -1.85. The van der Waals surface area contributed by atoms with Gasteiger partial charge in [-0.1, -0.05) is 11.6 Å². The molecule has 4 N–H and O–H groups in total. The second kappa shape index (κ2) is 5.20. The number of carbonyl (C=O) groups is 1. The Labute approximate surface area is 108 Å². The second-order valence-electron chi connectivity index (χ2n) is 3.85. The molecule has 0 aliphatic rings. The molecule has 1 aromatic heterocycles.